The Morgan fingerprint density at radius 2 is 1.84 bits per heavy atom. The van der Waals surface area contributed by atoms with Crippen molar-refractivity contribution in [2.24, 2.45) is 0 Å². The van der Waals surface area contributed by atoms with E-state index in [9.17, 15) is 4.79 Å². The number of hydrogen-bond acceptors (Lipinski definition) is 4. The minimum atomic E-state index is -0.125. The second-order valence-corrected chi connectivity index (χ2v) is 6.16. The van der Waals surface area contributed by atoms with Crippen LogP contribution in [0.25, 0.3) is 6.08 Å². The second kappa shape index (κ2) is 7.96. The third-order valence-electron chi connectivity index (χ3n) is 4.24. The molecule has 1 amide bonds. The highest BCUT2D eigenvalue weighted by molar-refractivity contribution is 5.91. The first-order valence-electron chi connectivity index (χ1n) is 8.34. The maximum Gasteiger partial charge on any atom is 0.245 e. The van der Waals surface area contributed by atoms with E-state index in [1.54, 1.807) is 19.3 Å². The molecule has 5 heteroatoms. The molecule has 5 nitrogen and oxygen atoms in total. The maximum atomic E-state index is 12.1. The number of nitrogens with one attached hydrogen (secondary N) is 3. The number of ether oxygens (including phenoxy) is 1. The average molecular weight is 337 g/mol. The zero-order valence-electron chi connectivity index (χ0n) is 14.5. The molecule has 2 unspecified atom stereocenters. The van der Waals surface area contributed by atoms with Gasteiger partial charge in [-0.1, -0.05) is 42.0 Å². The Hall–Kier alpha value is -2.63. The van der Waals surface area contributed by atoms with E-state index >= 15 is 0 Å². The molecule has 1 saturated heterocycles. The third kappa shape index (κ3) is 4.68. The smallest absolute Gasteiger partial charge is 0.245 e. The minimum absolute atomic E-state index is 0.0979. The maximum absolute atomic E-state index is 12.1. The Labute approximate surface area is 148 Å². The van der Waals surface area contributed by atoms with Crippen LogP contribution in [0.2, 0.25) is 0 Å². The zero-order valence-corrected chi connectivity index (χ0v) is 14.5. The summed E-state index contributed by atoms with van der Waals surface area (Å²) in [7, 11) is 1.63. The van der Waals surface area contributed by atoms with Gasteiger partial charge < -0.3 is 10.1 Å². The van der Waals surface area contributed by atoms with Crippen molar-refractivity contribution in [2.75, 3.05) is 7.11 Å². The number of hydrogen-bond donors (Lipinski definition) is 3. The number of amides is 1. The number of benzene rings is 2. The van der Waals surface area contributed by atoms with Crippen molar-refractivity contribution in [1.29, 1.82) is 0 Å². The van der Waals surface area contributed by atoms with Crippen LogP contribution in [0, 0.1) is 6.92 Å². The highest BCUT2D eigenvalue weighted by Gasteiger charge is 2.25. The second-order valence-electron chi connectivity index (χ2n) is 6.16. The molecule has 1 fully saturated rings. The van der Waals surface area contributed by atoms with Crippen molar-refractivity contribution in [2.45, 2.75) is 25.6 Å². The van der Waals surface area contributed by atoms with Gasteiger partial charge in [0.05, 0.1) is 13.3 Å². The molecule has 1 aliphatic rings. The zero-order chi connectivity index (χ0) is 17.6. The first-order valence-corrected chi connectivity index (χ1v) is 8.34. The molecular weight excluding hydrogens is 314 g/mol. The van der Waals surface area contributed by atoms with E-state index < -0.39 is 0 Å². The summed E-state index contributed by atoms with van der Waals surface area (Å²) in [4.78, 5) is 12.1. The topological polar surface area (TPSA) is 62.4 Å². The van der Waals surface area contributed by atoms with E-state index in [0.717, 1.165) is 17.7 Å². The molecule has 0 aromatic heterocycles. The minimum Gasteiger partial charge on any atom is -0.497 e. The molecule has 1 aliphatic heterocycles. The van der Waals surface area contributed by atoms with E-state index in [-0.39, 0.29) is 18.1 Å². The normalized spacial score (nSPS) is 19.9. The van der Waals surface area contributed by atoms with Gasteiger partial charge in [0.15, 0.2) is 0 Å². The summed E-state index contributed by atoms with van der Waals surface area (Å²) in [6.45, 7) is 2.07. The molecule has 0 radical (unpaired) electrons. The summed E-state index contributed by atoms with van der Waals surface area (Å²) in [5.41, 5.74) is 9.76. The number of carbonyl (C=O) groups excluding carboxylic acids is 1. The Morgan fingerprint density at radius 1 is 1.12 bits per heavy atom. The Kier molecular flexibility index (Phi) is 5.48. The lowest BCUT2D eigenvalue weighted by atomic mass is 10.0. The Bertz CT molecular complexity index is 739. The van der Waals surface area contributed by atoms with Gasteiger partial charge in [-0.25, -0.2) is 10.9 Å². The van der Waals surface area contributed by atoms with Gasteiger partial charge in [0.1, 0.15) is 5.75 Å². The monoisotopic (exact) mass is 337 g/mol. The summed E-state index contributed by atoms with van der Waals surface area (Å²) in [5, 5.41) is 2.96. The largest absolute Gasteiger partial charge is 0.497 e. The van der Waals surface area contributed by atoms with Gasteiger partial charge in [0.25, 0.3) is 0 Å². The van der Waals surface area contributed by atoms with Gasteiger partial charge >= 0.3 is 0 Å². The van der Waals surface area contributed by atoms with E-state index in [1.165, 1.54) is 11.1 Å². The fourth-order valence-corrected chi connectivity index (χ4v) is 2.77. The number of rotatable bonds is 5. The third-order valence-corrected chi connectivity index (χ3v) is 4.24. The fourth-order valence-electron chi connectivity index (χ4n) is 2.77. The van der Waals surface area contributed by atoms with Crippen LogP contribution in [0.1, 0.15) is 29.2 Å². The highest BCUT2D eigenvalue weighted by atomic mass is 16.5. The van der Waals surface area contributed by atoms with Crippen LogP contribution in [0.3, 0.4) is 0 Å². The SMILES string of the molecule is COc1ccc(/C=C/C(=O)NC2CC(c3ccc(C)cc3)NN2)cc1. The summed E-state index contributed by atoms with van der Waals surface area (Å²) >= 11 is 0. The van der Waals surface area contributed by atoms with E-state index in [2.05, 4.69) is 47.4 Å². The van der Waals surface area contributed by atoms with Gasteiger partial charge in [0.2, 0.25) is 5.91 Å². The molecule has 2 aromatic rings. The summed E-state index contributed by atoms with van der Waals surface area (Å²) in [6, 6.07) is 16.2. The molecule has 3 N–H and O–H groups in total. The lowest BCUT2D eigenvalue weighted by Gasteiger charge is -2.10. The van der Waals surface area contributed by atoms with E-state index in [0.29, 0.717) is 0 Å². The first kappa shape index (κ1) is 17.2. The van der Waals surface area contributed by atoms with Crippen LogP contribution in [0.5, 0.6) is 5.75 Å². The molecule has 0 bridgehead atoms. The van der Waals surface area contributed by atoms with Crippen LogP contribution in [-0.2, 0) is 4.79 Å². The lowest BCUT2D eigenvalue weighted by molar-refractivity contribution is -0.117. The molecule has 130 valence electrons. The van der Waals surface area contributed by atoms with Crippen LogP contribution in [-0.4, -0.2) is 19.2 Å². The lowest BCUT2D eigenvalue weighted by Crippen LogP contribution is -2.43. The molecule has 2 aromatic carbocycles. The molecule has 0 spiro atoms. The highest BCUT2D eigenvalue weighted by Crippen LogP contribution is 2.21. The number of carbonyl (C=O) groups is 1. The molecular formula is C20H23N3O2. The van der Waals surface area contributed by atoms with Crippen molar-refractivity contribution in [1.82, 2.24) is 16.2 Å². The number of aryl methyl sites for hydroxylation is 1. The quantitative estimate of drug-likeness (QED) is 0.734. The van der Waals surface area contributed by atoms with Crippen molar-refractivity contribution in [3.05, 3.63) is 71.3 Å². The van der Waals surface area contributed by atoms with Crippen molar-refractivity contribution >= 4 is 12.0 Å². The van der Waals surface area contributed by atoms with Crippen LogP contribution >= 0.6 is 0 Å². The summed E-state index contributed by atoms with van der Waals surface area (Å²) in [6.07, 6.45) is 4.03. The molecule has 3 rings (SSSR count). The molecule has 2 atom stereocenters. The van der Waals surface area contributed by atoms with E-state index in [1.807, 2.05) is 24.3 Å². The summed E-state index contributed by atoms with van der Waals surface area (Å²) < 4.78 is 5.12. The average Bonchev–Trinajstić information content (AvgIpc) is 3.09. The predicted molar refractivity (Wildman–Crippen MR) is 98.8 cm³/mol. The van der Waals surface area contributed by atoms with Crippen LogP contribution in [0.4, 0.5) is 0 Å². The fraction of sp³-hybridized carbons (Fsp3) is 0.250. The van der Waals surface area contributed by atoms with Crippen molar-refractivity contribution < 1.29 is 9.53 Å². The Balaban J connectivity index is 1.51. The van der Waals surface area contributed by atoms with Gasteiger partial charge in [-0.15, -0.1) is 0 Å². The Morgan fingerprint density at radius 3 is 2.52 bits per heavy atom. The van der Waals surface area contributed by atoms with Gasteiger partial charge in [0, 0.05) is 18.5 Å². The number of methoxy groups -OCH3 is 1. The van der Waals surface area contributed by atoms with Gasteiger partial charge in [-0.3, -0.25) is 4.79 Å². The van der Waals surface area contributed by atoms with Crippen molar-refractivity contribution in [3.63, 3.8) is 0 Å². The van der Waals surface area contributed by atoms with Crippen LogP contribution in [0.15, 0.2) is 54.6 Å². The van der Waals surface area contributed by atoms with Crippen molar-refractivity contribution in [3.8, 4) is 5.75 Å². The molecule has 1 heterocycles. The van der Waals surface area contributed by atoms with Crippen LogP contribution < -0.4 is 20.9 Å². The standard InChI is InChI=1S/C20H23N3O2/c1-14-3-8-16(9-4-14)18-13-19(23-22-18)21-20(24)12-7-15-5-10-17(25-2)11-6-15/h3-12,18-19,22-23H,13H2,1-2H3,(H,21,24)/b12-7+. The molecule has 25 heavy (non-hydrogen) atoms. The van der Waals surface area contributed by atoms with E-state index in [4.69, 9.17) is 4.74 Å². The first-order chi connectivity index (χ1) is 12.1. The van der Waals surface area contributed by atoms with Gasteiger partial charge in [-0.2, -0.15) is 0 Å². The van der Waals surface area contributed by atoms with Gasteiger partial charge in [-0.05, 0) is 36.3 Å². The molecule has 0 saturated carbocycles. The molecule has 0 aliphatic carbocycles. The summed E-state index contributed by atoms with van der Waals surface area (Å²) in [5.74, 6) is 0.671. The number of hydrazine groups is 1. The predicted octanol–water partition coefficient (Wildman–Crippen LogP) is 2.70.